The van der Waals surface area contributed by atoms with Gasteiger partial charge in [-0.3, -0.25) is 4.79 Å². The highest BCUT2D eigenvalue weighted by atomic mass is 16.5. The van der Waals surface area contributed by atoms with Gasteiger partial charge < -0.3 is 14.8 Å². The van der Waals surface area contributed by atoms with E-state index in [9.17, 15) is 4.79 Å². The molecule has 0 bridgehead atoms. The van der Waals surface area contributed by atoms with E-state index in [0.29, 0.717) is 35.6 Å². The Balaban J connectivity index is 2.00. The zero-order valence-corrected chi connectivity index (χ0v) is 14.1. The third-order valence-electron chi connectivity index (χ3n) is 3.73. The van der Waals surface area contributed by atoms with Crippen LogP contribution >= 0.6 is 0 Å². The van der Waals surface area contributed by atoms with Gasteiger partial charge in [0.1, 0.15) is 0 Å². The smallest absolute Gasteiger partial charge is 0.224 e. The van der Waals surface area contributed by atoms with E-state index in [1.807, 2.05) is 25.1 Å². The molecule has 124 valence electrons. The number of amides is 1. The number of ether oxygens (including phenoxy) is 2. The van der Waals surface area contributed by atoms with Gasteiger partial charge in [0.25, 0.3) is 0 Å². The second kappa shape index (κ2) is 8.02. The summed E-state index contributed by atoms with van der Waals surface area (Å²) in [5, 5.41) is 11.7. The summed E-state index contributed by atoms with van der Waals surface area (Å²) in [4.78, 5) is 12.2. The summed E-state index contributed by atoms with van der Waals surface area (Å²) in [5.74, 6) is 1.13. The number of nitriles is 1. The standard InChI is InChI=1S/C19H20N2O3/c1-13-10-17(23-2)18(24-3)11-16(13)21-19(22)9-8-14-4-6-15(12-20)7-5-14/h4-7,10-11H,8-9H2,1-3H3,(H,21,22). The minimum absolute atomic E-state index is 0.0744. The number of nitrogens with one attached hydrogen (secondary N) is 1. The number of rotatable bonds is 6. The first kappa shape index (κ1) is 17.4. The second-order valence-electron chi connectivity index (χ2n) is 5.38. The molecule has 0 unspecified atom stereocenters. The number of benzene rings is 2. The lowest BCUT2D eigenvalue weighted by atomic mass is 10.1. The first-order chi connectivity index (χ1) is 11.6. The highest BCUT2D eigenvalue weighted by molar-refractivity contribution is 5.92. The van der Waals surface area contributed by atoms with Crippen molar-refractivity contribution in [2.45, 2.75) is 19.8 Å². The second-order valence-corrected chi connectivity index (χ2v) is 5.38. The van der Waals surface area contributed by atoms with Crippen LogP contribution in [-0.4, -0.2) is 20.1 Å². The van der Waals surface area contributed by atoms with Crippen LogP contribution in [0.4, 0.5) is 5.69 Å². The Hall–Kier alpha value is -3.00. The predicted molar refractivity (Wildman–Crippen MR) is 92.4 cm³/mol. The predicted octanol–water partition coefficient (Wildman–Crippen LogP) is 3.46. The number of hydrogen-bond acceptors (Lipinski definition) is 4. The Morgan fingerprint density at radius 3 is 2.33 bits per heavy atom. The summed E-state index contributed by atoms with van der Waals surface area (Å²) < 4.78 is 10.5. The van der Waals surface area contributed by atoms with E-state index >= 15 is 0 Å². The maximum atomic E-state index is 12.2. The van der Waals surface area contributed by atoms with Gasteiger partial charge in [-0.15, -0.1) is 0 Å². The van der Waals surface area contributed by atoms with E-state index in [0.717, 1.165) is 11.1 Å². The number of carbonyl (C=O) groups is 1. The van der Waals surface area contributed by atoms with Crippen molar-refractivity contribution in [2.24, 2.45) is 0 Å². The Morgan fingerprint density at radius 1 is 1.12 bits per heavy atom. The van der Waals surface area contributed by atoms with Crippen LogP contribution in [-0.2, 0) is 11.2 Å². The minimum Gasteiger partial charge on any atom is -0.493 e. The van der Waals surface area contributed by atoms with Gasteiger partial charge in [-0.05, 0) is 42.7 Å². The van der Waals surface area contributed by atoms with Crippen molar-refractivity contribution in [1.82, 2.24) is 0 Å². The van der Waals surface area contributed by atoms with E-state index in [1.165, 1.54) is 0 Å². The molecule has 0 saturated heterocycles. The van der Waals surface area contributed by atoms with Crippen molar-refractivity contribution < 1.29 is 14.3 Å². The molecular formula is C19H20N2O3. The fraction of sp³-hybridized carbons (Fsp3) is 0.263. The molecule has 1 amide bonds. The molecule has 2 aromatic carbocycles. The van der Waals surface area contributed by atoms with E-state index in [4.69, 9.17) is 14.7 Å². The number of carbonyl (C=O) groups excluding carboxylic acids is 1. The van der Waals surface area contributed by atoms with E-state index in [1.54, 1.807) is 32.4 Å². The number of aryl methyl sites for hydroxylation is 2. The highest BCUT2D eigenvalue weighted by Crippen LogP contribution is 2.32. The Kier molecular flexibility index (Phi) is 5.80. The third-order valence-corrected chi connectivity index (χ3v) is 3.73. The maximum absolute atomic E-state index is 12.2. The van der Waals surface area contributed by atoms with Gasteiger partial charge in [0.05, 0.1) is 25.9 Å². The average molecular weight is 324 g/mol. The summed E-state index contributed by atoms with van der Waals surface area (Å²) in [6, 6.07) is 12.9. The van der Waals surface area contributed by atoms with Crippen molar-refractivity contribution in [3.63, 3.8) is 0 Å². The molecule has 0 aliphatic carbocycles. The monoisotopic (exact) mass is 324 g/mol. The summed E-state index contributed by atoms with van der Waals surface area (Å²) >= 11 is 0. The van der Waals surface area contributed by atoms with Crippen LogP contribution in [0.15, 0.2) is 36.4 Å². The molecule has 0 radical (unpaired) electrons. The molecule has 0 aliphatic rings. The summed E-state index contributed by atoms with van der Waals surface area (Å²) in [5.41, 5.74) is 3.24. The highest BCUT2D eigenvalue weighted by Gasteiger charge is 2.11. The van der Waals surface area contributed by atoms with Crippen molar-refractivity contribution in [2.75, 3.05) is 19.5 Å². The Bertz CT molecular complexity index is 761. The molecule has 0 atom stereocenters. The number of methoxy groups -OCH3 is 2. The van der Waals surface area contributed by atoms with Gasteiger partial charge in [0.15, 0.2) is 11.5 Å². The van der Waals surface area contributed by atoms with Crippen LogP contribution in [0.3, 0.4) is 0 Å². The van der Waals surface area contributed by atoms with E-state index < -0.39 is 0 Å². The normalized spacial score (nSPS) is 9.92. The largest absolute Gasteiger partial charge is 0.493 e. The van der Waals surface area contributed by atoms with E-state index in [2.05, 4.69) is 11.4 Å². The Morgan fingerprint density at radius 2 is 1.75 bits per heavy atom. The molecule has 0 aliphatic heterocycles. The molecule has 5 heteroatoms. The van der Waals surface area contributed by atoms with Crippen molar-refractivity contribution >= 4 is 11.6 Å². The fourth-order valence-corrected chi connectivity index (χ4v) is 2.33. The molecule has 0 aromatic heterocycles. The van der Waals surface area contributed by atoms with Crippen LogP contribution in [0.5, 0.6) is 11.5 Å². The zero-order chi connectivity index (χ0) is 17.5. The summed E-state index contributed by atoms with van der Waals surface area (Å²) in [6.07, 6.45) is 0.976. The molecule has 0 spiro atoms. The first-order valence-electron chi connectivity index (χ1n) is 7.59. The maximum Gasteiger partial charge on any atom is 0.224 e. The van der Waals surface area contributed by atoms with Crippen molar-refractivity contribution in [3.8, 4) is 17.6 Å². The van der Waals surface area contributed by atoms with Crippen molar-refractivity contribution in [3.05, 3.63) is 53.1 Å². The third kappa shape index (κ3) is 4.26. The molecule has 5 nitrogen and oxygen atoms in total. The molecule has 24 heavy (non-hydrogen) atoms. The summed E-state index contributed by atoms with van der Waals surface area (Å²) in [7, 11) is 3.14. The van der Waals surface area contributed by atoms with Gasteiger partial charge in [-0.25, -0.2) is 0 Å². The fourth-order valence-electron chi connectivity index (χ4n) is 2.33. The molecule has 0 fully saturated rings. The Labute approximate surface area is 141 Å². The van der Waals surface area contributed by atoms with Crippen LogP contribution < -0.4 is 14.8 Å². The number of anilines is 1. The van der Waals surface area contributed by atoms with Gasteiger partial charge in [-0.2, -0.15) is 5.26 Å². The van der Waals surface area contributed by atoms with Crippen LogP contribution in [0.25, 0.3) is 0 Å². The average Bonchev–Trinajstić information content (AvgIpc) is 2.61. The van der Waals surface area contributed by atoms with Crippen LogP contribution in [0.1, 0.15) is 23.1 Å². The molecule has 0 saturated carbocycles. The lowest BCUT2D eigenvalue weighted by Crippen LogP contribution is -2.13. The van der Waals surface area contributed by atoms with Gasteiger partial charge in [0, 0.05) is 18.2 Å². The van der Waals surface area contributed by atoms with Crippen LogP contribution in [0.2, 0.25) is 0 Å². The number of hydrogen-bond donors (Lipinski definition) is 1. The van der Waals surface area contributed by atoms with Gasteiger partial charge >= 0.3 is 0 Å². The van der Waals surface area contributed by atoms with E-state index in [-0.39, 0.29) is 5.91 Å². The summed E-state index contributed by atoms with van der Waals surface area (Å²) in [6.45, 7) is 1.90. The number of nitrogens with zero attached hydrogens (tertiary/aromatic N) is 1. The molecule has 2 rings (SSSR count). The molecular weight excluding hydrogens is 304 g/mol. The molecule has 1 N–H and O–H groups in total. The first-order valence-corrected chi connectivity index (χ1v) is 7.59. The van der Waals surface area contributed by atoms with Gasteiger partial charge in [-0.1, -0.05) is 12.1 Å². The quantitative estimate of drug-likeness (QED) is 0.883. The zero-order valence-electron chi connectivity index (χ0n) is 14.1. The van der Waals surface area contributed by atoms with Crippen LogP contribution in [0, 0.1) is 18.3 Å². The molecule has 2 aromatic rings. The lowest BCUT2D eigenvalue weighted by Gasteiger charge is -2.13. The topological polar surface area (TPSA) is 71.3 Å². The van der Waals surface area contributed by atoms with Crippen molar-refractivity contribution in [1.29, 1.82) is 5.26 Å². The minimum atomic E-state index is -0.0744. The molecule has 0 heterocycles. The van der Waals surface area contributed by atoms with Gasteiger partial charge in [0.2, 0.25) is 5.91 Å². The lowest BCUT2D eigenvalue weighted by molar-refractivity contribution is -0.116. The SMILES string of the molecule is COc1cc(C)c(NC(=O)CCc2ccc(C#N)cc2)cc1OC.